The van der Waals surface area contributed by atoms with Gasteiger partial charge in [-0.3, -0.25) is 4.90 Å². The Hall–Kier alpha value is -1.35. The molecule has 1 aromatic rings. The lowest BCUT2D eigenvalue weighted by molar-refractivity contribution is -0.140. The maximum Gasteiger partial charge on any atom is 0.434 e. The van der Waals surface area contributed by atoms with Crippen LogP contribution in [0.3, 0.4) is 0 Å². The summed E-state index contributed by atoms with van der Waals surface area (Å²) in [5.41, 5.74) is -0.849. The summed E-state index contributed by atoms with van der Waals surface area (Å²) in [6.45, 7) is 8.82. The van der Waals surface area contributed by atoms with Crippen molar-refractivity contribution in [1.82, 2.24) is 20.5 Å². The van der Waals surface area contributed by atoms with Crippen LogP contribution in [0.4, 0.5) is 13.2 Å². The van der Waals surface area contributed by atoms with Gasteiger partial charge in [0.25, 0.3) is 0 Å². The van der Waals surface area contributed by atoms with E-state index in [4.69, 9.17) is 0 Å². The fourth-order valence-corrected chi connectivity index (χ4v) is 3.30. The fourth-order valence-electron chi connectivity index (χ4n) is 2.57. The van der Waals surface area contributed by atoms with Gasteiger partial charge in [-0.05, 0) is 33.6 Å². The lowest BCUT2D eigenvalue weighted by Crippen LogP contribution is -2.43. The number of aromatic nitrogens is 1. The van der Waals surface area contributed by atoms with Crippen molar-refractivity contribution in [2.45, 2.75) is 58.4 Å². The first-order valence-electron chi connectivity index (χ1n) is 8.60. The predicted molar refractivity (Wildman–Crippen MR) is 94.8 cm³/mol. The Kier molecular flexibility index (Phi) is 7.06. The number of alkyl halides is 3. The number of hydrogen-bond acceptors (Lipinski definition) is 4. The zero-order chi connectivity index (χ0) is 18.4. The minimum atomic E-state index is -4.40. The average molecular weight is 377 g/mol. The Morgan fingerprint density at radius 2 is 2.12 bits per heavy atom. The summed E-state index contributed by atoms with van der Waals surface area (Å²) in [6.07, 6.45) is -1.87. The largest absolute Gasteiger partial charge is 0.434 e. The Balaban J connectivity index is 1.86. The lowest BCUT2D eigenvalue weighted by atomic mass is 10.3. The smallest absolute Gasteiger partial charge is 0.357 e. The molecule has 142 valence electrons. The zero-order valence-corrected chi connectivity index (χ0v) is 15.7. The van der Waals surface area contributed by atoms with Crippen LogP contribution in [-0.4, -0.2) is 47.6 Å². The van der Waals surface area contributed by atoms with Crippen LogP contribution in [0.5, 0.6) is 0 Å². The van der Waals surface area contributed by atoms with Gasteiger partial charge in [-0.1, -0.05) is 0 Å². The van der Waals surface area contributed by atoms with Gasteiger partial charge in [-0.2, -0.15) is 13.2 Å². The molecule has 1 heterocycles. The summed E-state index contributed by atoms with van der Waals surface area (Å²) >= 11 is 0.979. The van der Waals surface area contributed by atoms with Gasteiger partial charge in [0.05, 0.1) is 6.54 Å². The number of thiazole rings is 1. The summed E-state index contributed by atoms with van der Waals surface area (Å²) in [6, 6.07) is 1.20. The molecule has 9 heteroatoms. The summed E-state index contributed by atoms with van der Waals surface area (Å²) in [5, 5.41) is 7.74. The topological polar surface area (TPSA) is 52.6 Å². The quantitative estimate of drug-likeness (QED) is 0.540. The second-order valence-electron chi connectivity index (χ2n) is 6.31. The van der Waals surface area contributed by atoms with Crippen LogP contribution in [0.15, 0.2) is 10.4 Å². The number of hydrogen-bond donors (Lipinski definition) is 2. The molecule has 1 fully saturated rings. The SMILES string of the molecule is CCNC(=NCc1nc(C(F)(F)F)cs1)NCCN(C(C)C)C1CC1. The second kappa shape index (κ2) is 8.84. The highest BCUT2D eigenvalue weighted by Gasteiger charge is 2.33. The number of aliphatic imine (C=N–C) groups is 1. The molecule has 25 heavy (non-hydrogen) atoms. The number of nitrogens with one attached hydrogen (secondary N) is 2. The molecule has 0 aliphatic heterocycles. The maximum atomic E-state index is 12.6. The Bertz CT molecular complexity index is 564. The molecular weight excluding hydrogens is 351 g/mol. The number of nitrogens with zero attached hydrogens (tertiary/aromatic N) is 3. The molecule has 0 unspecified atom stereocenters. The summed E-state index contributed by atoms with van der Waals surface area (Å²) in [4.78, 5) is 10.4. The monoisotopic (exact) mass is 377 g/mol. The molecule has 2 rings (SSSR count). The van der Waals surface area contributed by atoms with Crippen molar-refractivity contribution in [1.29, 1.82) is 0 Å². The van der Waals surface area contributed by atoms with Crippen LogP contribution in [0, 0.1) is 0 Å². The van der Waals surface area contributed by atoms with E-state index in [1.54, 1.807) is 0 Å². The number of halogens is 3. The third-order valence-corrected chi connectivity index (χ3v) is 4.73. The van der Waals surface area contributed by atoms with Gasteiger partial charge in [-0.15, -0.1) is 11.3 Å². The minimum Gasteiger partial charge on any atom is -0.357 e. The van der Waals surface area contributed by atoms with Gasteiger partial charge in [-0.25, -0.2) is 9.98 Å². The molecule has 1 saturated carbocycles. The molecule has 0 bridgehead atoms. The molecule has 0 aromatic carbocycles. The molecule has 0 atom stereocenters. The predicted octanol–water partition coefficient (Wildman–Crippen LogP) is 3.09. The summed E-state index contributed by atoms with van der Waals surface area (Å²) < 4.78 is 37.7. The van der Waals surface area contributed by atoms with Crippen LogP contribution >= 0.6 is 11.3 Å². The van der Waals surface area contributed by atoms with E-state index in [0.29, 0.717) is 29.6 Å². The van der Waals surface area contributed by atoms with Gasteiger partial charge in [0.1, 0.15) is 5.01 Å². The summed E-state index contributed by atoms with van der Waals surface area (Å²) in [7, 11) is 0. The normalized spacial score (nSPS) is 15.9. The number of rotatable bonds is 8. The van der Waals surface area contributed by atoms with E-state index >= 15 is 0 Å². The molecule has 5 nitrogen and oxygen atoms in total. The zero-order valence-electron chi connectivity index (χ0n) is 14.9. The number of guanidine groups is 1. The van der Waals surface area contributed by atoms with E-state index in [2.05, 4.69) is 39.4 Å². The van der Waals surface area contributed by atoms with E-state index in [-0.39, 0.29) is 6.54 Å². The average Bonchev–Trinajstić information content (AvgIpc) is 3.23. The Labute approximate surface area is 150 Å². The highest BCUT2D eigenvalue weighted by atomic mass is 32.1. The van der Waals surface area contributed by atoms with Gasteiger partial charge in [0.15, 0.2) is 11.7 Å². The molecule has 2 N–H and O–H groups in total. The first-order valence-corrected chi connectivity index (χ1v) is 9.48. The van der Waals surface area contributed by atoms with Crippen molar-refractivity contribution in [3.63, 3.8) is 0 Å². The molecular formula is C16H26F3N5S. The van der Waals surface area contributed by atoms with E-state index in [1.807, 2.05) is 6.92 Å². The van der Waals surface area contributed by atoms with Crippen LogP contribution in [0.1, 0.15) is 44.3 Å². The van der Waals surface area contributed by atoms with E-state index in [1.165, 1.54) is 12.8 Å². The van der Waals surface area contributed by atoms with Gasteiger partial charge < -0.3 is 10.6 Å². The first kappa shape index (κ1) is 20.0. The Morgan fingerprint density at radius 3 is 2.64 bits per heavy atom. The highest BCUT2D eigenvalue weighted by molar-refractivity contribution is 7.09. The van der Waals surface area contributed by atoms with Crippen molar-refractivity contribution < 1.29 is 13.2 Å². The van der Waals surface area contributed by atoms with Crippen LogP contribution in [0.2, 0.25) is 0 Å². The van der Waals surface area contributed by atoms with Crippen LogP contribution in [0.25, 0.3) is 0 Å². The third-order valence-electron chi connectivity index (χ3n) is 3.90. The third kappa shape index (κ3) is 6.47. The van der Waals surface area contributed by atoms with Gasteiger partial charge in [0, 0.05) is 37.1 Å². The van der Waals surface area contributed by atoms with Crippen LogP contribution < -0.4 is 10.6 Å². The van der Waals surface area contributed by atoms with Gasteiger partial charge in [0.2, 0.25) is 0 Å². The fraction of sp³-hybridized carbons (Fsp3) is 0.750. The second-order valence-corrected chi connectivity index (χ2v) is 7.25. The van der Waals surface area contributed by atoms with Crippen LogP contribution in [-0.2, 0) is 12.7 Å². The molecule has 1 aromatic heterocycles. The van der Waals surface area contributed by atoms with Crippen molar-refractivity contribution in [3.8, 4) is 0 Å². The van der Waals surface area contributed by atoms with E-state index < -0.39 is 11.9 Å². The molecule has 0 amide bonds. The van der Waals surface area contributed by atoms with Gasteiger partial charge >= 0.3 is 6.18 Å². The van der Waals surface area contributed by atoms with Crippen molar-refractivity contribution in [3.05, 3.63) is 16.1 Å². The maximum absolute atomic E-state index is 12.6. The van der Waals surface area contributed by atoms with Crippen molar-refractivity contribution in [2.75, 3.05) is 19.6 Å². The lowest BCUT2D eigenvalue weighted by Gasteiger charge is -2.26. The minimum absolute atomic E-state index is 0.132. The Morgan fingerprint density at radius 1 is 1.40 bits per heavy atom. The van der Waals surface area contributed by atoms with E-state index in [0.717, 1.165) is 29.8 Å². The standard InChI is InChI=1S/C16H26F3N5S/c1-4-20-15(21-7-8-24(11(2)3)12-5-6-12)22-9-14-23-13(10-25-14)16(17,18)19/h10-12H,4-9H2,1-3H3,(H2,20,21,22). The molecule has 0 spiro atoms. The van der Waals surface area contributed by atoms with Crippen molar-refractivity contribution >= 4 is 17.3 Å². The van der Waals surface area contributed by atoms with E-state index in [9.17, 15) is 13.2 Å². The summed E-state index contributed by atoms with van der Waals surface area (Å²) in [5.74, 6) is 0.603. The first-order chi connectivity index (χ1) is 11.8. The van der Waals surface area contributed by atoms with Crippen molar-refractivity contribution in [2.24, 2.45) is 4.99 Å². The molecule has 0 radical (unpaired) electrons. The molecule has 0 saturated heterocycles. The molecule has 1 aliphatic carbocycles. The highest BCUT2D eigenvalue weighted by Crippen LogP contribution is 2.30. The molecule has 1 aliphatic rings.